The topological polar surface area (TPSA) is 0 Å². The number of benzene rings is 1. The van der Waals surface area contributed by atoms with Crippen LogP contribution in [0.2, 0.25) is 0 Å². The average Bonchev–Trinajstić information content (AvgIpc) is 2.20. The number of rotatable bonds is 2. The van der Waals surface area contributed by atoms with Crippen LogP contribution in [-0.2, 0) is 10.7 Å². The lowest BCUT2D eigenvalue weighted by molar-refractivity contribution is 1.24. The van der Waals surface area contributed by atoms with Crippen LogP contribution in [-0.4, -0.2) is 0 Å². The summed E-state index contributed by atoms with van der Waals surface area (Å²) in [6.45, 7) is 6.14. The first kappa shape index (κ1) is 13.2. The SMILES string of the molecule is CC.Cc1cccc(CBr)c1CBr. The first-order valence-electron chi connectivity index (χ1n) is 4.49. The minimum atomic E-state index is 0.940. The fourth-order valence-electron chi connectivity index (χ4n) is 1.08. The maximum atomic E-state index is 3.48. The molecular formula is C11H16Br2. The molecule has 13 heavy (non-hydrogen) atoms. The quantitative estimate of drug-likeness (QED) is 0.688. The zero-order valence-corrected chi connectivity index (χ0v) is 11.6. The average molecular weight is 308 g/mol. The number of aryl methyl sites for hydroxylation is 1. The van der Waals surface area contributed by atoms with E-state index >= 15 is 0 Å². The Morgan fingerprint density at radius 2 is 1.69 bits per heavy atom. The molecule has 0 bridgehead atoms. The van der Waals surface area contributed by atoms with Gasteiger partial charge < -0.3 is 0 Å². The minimum absolute atomic E-state index is 0.940. The van der Waals surface area contributed by atoms with E-state index in [4.69, 9.17) is 0 Å². The van der Waals surface area contributed by atoms with Gasteiger partial charge in [-0.3, -0.25) is 0 Å². The van der Waals surface area contributed by atoms with Crippen LogP contribution in [0.15, 0.2) is 18.2 Å². The van der Waals surface area contributed by atoms with Gasteiger partial charge in [0, 0.05) is 10.7 Å². The zero-order chi connectivity index (χ0) is 10.3. The van der Waals surface area contributed by atoms with E-state index in [0.29, 0.717) is 0 Å². The second kappa shape index (κ2) is 7.57. The van der Waals surface area contributed by atoms with Crippen molar-refractivity contribution in [1.29, 1.82) is 0 Å². The van der Waals surface area contributed by atoms with Gasteiger partial charge in [0.15, 0.2) is 0 Å². The smallest absolute Gasteiger partial charge is 0.0288 e. The first-order chi connectivity index (χ1) is 6.29. The Morgan fingerprint density at radius 1 is 1.08 bits per heavy atom. The highest BCUT2D eigenvalue weighted by Gasteiger charge is 2.01. The summed E-state index contributed by atoms with van der Waals surface area (Å²) in [5.41, 5.74) is 4.14. The summed E-state index contributed by atoms with van der Waals surface area (Å²) in [5.74, 6) is 0. The van der Waals surface area contributed by atoms with Gasteiger partial charge >= 0.3 is 0 Å². The maximum Gasteiger partial charge on any atom is 0.0288 e. The van der Waals surface area contributed by atoms with Crippen LogP contribution in [0.25, 0.3) is 0 Å². The van der Waals surface area contributed by atoms with E-state index in [9.17, 15) is 0 Å². The Kier molecular flexibility index (Phi) is 7.68. The Labute approximate surface area is 98.0 Å². The van der Waals surface area contributed by atoms with Crippen molar-refractivity contribution in [1.82, 2.24) is 0 Å². The molecule has 0 fully saturated rings. The normalized spacial score (nSPS) is 9.00. The summed E-state index contributed by atoms with van der Waals surface area (Å²) < 4.78 is 0. The molecule has 1 aromatic carbocycles. The van der Waals surface area contributed by atoms with E-state index in [1.54, 1.807) is 0 Å². The number of hydrogen-bond donors (Lipinski definition) is 0. The van der Waals surface area contributed by atoms with Crippen molar-refractivity contribution in [3.8, 4) is 0 Å². The minimum Gasteiger partial charge on any atom is -0.0876 e. The molecule has 0 aliphatic carbocycles. The van der Waals surface area contributed by atoms with Crippen molar-refractivity contribution >= 4 is 31.9 Å². The molecule has 0 saturated carbocycles. The van der Waals surface area contributed by atoms with Gasteiger partial charge in [-0.25, -0.2) is 0 Å². The van der Waals surface area contributed by atoms with Gasteiger partial charge in [-0.15, -0.1) is 0 Å². The molecule has 0 aliphatic heterocycles. The third kappa shape index (κ3) is 3.82. The van der Waals surface area contributed by atoms with E-state index in [1.807, 2.05) is 13.8 Å². The van der Waals surface area contributed by atoms with Crippen LogP contribution in [0.4, 0.5) is 0 Å². The van der Waals surface area contributed by atoms with Crippen molar-refractivity contribution in [2.45, 2.75) is 31.4 Å². The molecule has 0 aromatic heterocycles. The summed E-state index contributed by atoms with van der Waals surface area (Å²) >= 11 is 6.94. The molecule has 1 aromatic rings. The summed E-state index contributed by atoms with van der Waals surface area (Å²) in [4.78, 5) is 0. The van der Waals surface area contributed by atoms with Crippen LogP contribution < -0.4 is 0 Å². The van der Waals surface area contributed by atoms with Crippen LogP contribution in [0.5, 0.6) is 0 Å². The van der Waals surface area contributed by atoms with Gasteiger partial charge in [0.25, 0.3) is 0 Å². The highest BCUT2D eigenvalue weighted by atomic mass is 79.9. The molecule has 0 N–H and O–H groups in total. The van der Waals surface area contributed by atoms with Gasteiger partial charge in [-0.2, -0.15) is 0 Å². The Morgan fingerprint density at radius 3 is 2.08 bits per heavy atom. The first-order valence-corrected chi connectivity index (χ1v) is 6.73. The Balaban J connectivity index is 0.000000671. The molecule has 0 spiro atoms. The molecule has 0 nitrogen and oxygen atoms in total. The van der Waals surface area contributed by atoms with Crippen molar-refractivity contribution in [2.75, 3.05) is 0 Å². The molecule has 0 amide bonds. The second-order valence-corrected chi connectivity index (χ2v) is 3.60. The van der Waals surface area contributed by atoms with E-state index in [2.05, 4.69) is 57.0 Å². The summed E-state index contributed by atoms with van der Waals surface area (Å²) in [6.07, 6.45) is 0. The lowest BCUT2D eigenvalue weighted by Crippen LogP contribution is -1.90. The molecule has 1 rings (SSSR count). The lowest BCUT2D eigenvalue weighted by atomic mass is 10.1. The lowest BCUT2D eigenvalue weighted by Gasteiger charge is -2.06. The van der Waals surface area contributed by atoms with E-state index in [0.717, 1.165) is 10.7 Å². The fraction of sp³-hybridized carbons (Fsp3) is 0.455. The van der Waals surface area contributed by atoms with Gasteiger partial charge in [-0.05, 0) is 23.6 Å². The van der Waals surface area contributed by atoms with Crippen molar-refractivity contribution < 1.29 is 0 Å². The highest BCUT2D eigenvalue weighted by molar-refractivity contribution is 9.09. The van der Waals surface area contributed by atoms with Crippen LogP contribution >= 0.6 is 31.9 Å². The van der Waals surface area contributed by atoms with Gasteiger partial charge in [0.2, 0.25) is 0 Å². The number of halogens is 2. The van der Waals surface area contributed by atoms with Gasteiger partial charge in [-0.1, -0.05) is 63.9 Å². The largest absolute Gasteiger partial charge is 0.0876 e. The monoisotopic (exact) mass is 306 g/mol. The van der Waals surface area contributed by atoms with Crippen molar-refractivity contribution in [3.63, 3.8) is 0 Å². The third-order valence-corrected chi connectivity index (χ3v) is 2.95. The molecule has 0 heterocycles. The highest BCUT2D eigenvalue weighted by Crippen LogP contribution is 2.19. The molecule has 74 valence electrons. The predicted molar refractivity (Wildman–Crippen MR) is 67.8 cm³/mol. The molecule has 0 atom stereocenters. The standard InChI is InChI=1S/C9H10Br2.C2H6/c1-7-3-2-4-8(5-10)9(7)6-11;1-2/h2-4H,5-6H2,1H3;1-2H3. The predicted octanol–water partition coefficient (Wildman–Crippen LogP) is 4.81. The Bertz CT molecular complexity index is 244. The van der Waals surface area contributed by atoms with Crippen LogP contribution in [0.1, 0.15) is 30.5 Å². The summed E-state index contributed by atoms with van der Waals surface area (Å²) in [7, 11) is 0. The molecule has 0 saturated heterocycles. The molecule has 0 radical (unpaired) electrons. The van der Waals surface area contributed by atoms with Gasteiger partial charge in [0.1, 0.15) is 0 Å². The third-order valence-electron chi connectivity index (χ3n) is 1.78. The molecule has 0 aliphatic rings. The van der Waals surface area contributed by atoms with Crippen molar-refractivity contribution in [3.05, 3.63) is 34.9 Å². The molecule has 2 heteroatoms. The van der Waals surface area contributed by atoms with E-state index in [1.165, 1.54) is 16.7 Å². The van der Waals surface area contributed by atoms with Crippen molar-refractivity contribution in [2.24, 2.45) is 0 Å². The van der Waals surface area contributed by atoms with Gasteiger partial charge in [0.05, 0.1) is 0 Å². The van der Waals surface area contributed by atoms with E-state index in [-0.39, 0.29) is 0 Å². The summed E-state index contributed by atoms with van der Waals surface area (Å²) in [6, 6.07) is 6.39. The summed E-state index contributed by atoms with van der Waals surface area (Å²) in [5, 5.41) is 1.89. The van der Waals surface area contributed by atoms with Crippen LogP contribution in [0.3, 0.4) is 0 Å². The molecule has 0 unspecified atom stereocenters. The van der Waals surface area contributed by atoms with E-state index < -0.39 is 0 Å². The number of hydrogen-bond acceptors (Lipinski definition) is 0. The maximum absolute atomic E-state index is 3.48. The fourth-order valence-corrected chi connectivity index (χ4v) is 2.41. The Hall–Kier alpha value is 0.180. The zero-order valence-electron chi connectivity index (χ0n) is 8.40. The second-order valence-electron chi connectivity index (χ2n) is 2.48. The molecular weight excluding hydrogens is 292 g/mol. The number of alkyl halides is 2. The van der Waals surface area contributed by atoms with Crippen LogP contribution in [0, 0.1) is 6.92 Å².